The molecule has 111 valence electrons. The van der Waals surface area contributed by atoms with E-state index in [2.05, 4.69) is 0 Å². The molecule has 2 aromatic carbocycles. The summed E-state index contributed by atoms with van der Waals surface area (Å²) in [7, 11) is 0. The zero-order valence-electron chi connectivity index (χ0n) is 10.5. The summed E-state index contributed by atoms with van der Waals surface area (Å²) >= 11 is 0. The topological polar surface area (TPSA) is 74.6 Å². The van der Waals surface area contributed by atoms with Crippen molar-refractivity contribution in [3.63, 3.8) is 0 Å². The molecule has 0 aliphatic carbocycles. The van der Waals surface area contributed by atoms with Crippen LogP contribution in [0.2, 0.25) is 0 Å². The van der Waals surface area contributed by atoms with E-state index in [0.717, 1.165) is 24.3 Å². The van der Waals surface area contributed by atoms with Gasteiger partial charge in [-0.25, -0.2) is 18.4 Å². The smallest absolute Gasteiger partial charge is 0.335 e. The summed E-state index contributed by atoms with van der Waals surface area (Å²) < 4.78 is 24.3. The predicted octanol–water partition coefficient (Wildman–Crippen LogP) is 3.05. The molecule has 0 aromatic heterocycles. The maximum absolute atomic E-state index is 12.2. The maximum Gasteiger partial charge on any atom is 0.335 e. The van der Waals surface area contributed by atoms with Crippen LogP contribution in [0.4, 0.5) is 8.78 Å². The van der Waals surface area contributed by atoms with Crippen molar-refractivity contribution in [3.8, 4) is 0 Å². The fraction of sp³-hybridized carbons (Fsp3) is 0. The Kier molecular flexibility index (Phi) is 7.89. The second kappa shape index (κ2) is 8.84. The first kappa shape index (κ1) is 18.8. The van der Waals surface area contributed by atoms with Crippen LogP contribution in [0.25, 0.3) is 0 Å². The minimum absolute atomic E-state index is 0. The van der Waals surface area contributed by atoms with Crippen molar-refractivity contribution >= 4 is 11.9 Å². The van der Waals surface area contributed by atoms with Crippen LogP contribution in [0.3, 0.4) is 0 Å². The fourth-order valence-corrected chi connectivity index (χ4v) is 1.18. The Morgan fingerprint density at radius 1 is 0.667 bits per heavy atom. The Morgan fingerprint density at radius 2 is 0.905 bits per heavy atom. The molecule has 0 unspecified atom stereocenters. The molecular weight excluding hydrogens is 325 g/mol. The Morgan fingerprint density at radius 3 is 1.10 bits per heavy atom. The minimum atomic E-state index is -1.04. The van der Waals surface area contributed by atoms with Crippen molar-refractivity contribution in [2.24, 2.45) is 0 Å². The van der Waals surface area contributed by atoms with E-state index in [1.807, 2.05) is 0 Å². The standard InChI is InChI=1S/2C7H5FO2.Mn/c2*8-6-3-1-5(2-4-6)7(9)10;/h2*1-4H,(H,9,10);. The van der Waals surface area contributed by atoms with Crippen molar-refractivity contribution in [1.29, 1.82) is 0 Å². The van der Waals surface area contributed by atoms with Gasteiger partial charge in [0.25, 0.3) is 0 Å². The van der Waals surface area contributed by atoms with Crippen LogP contribution < -0.4 is 0 Å². The first-order chi connectivity index (χ1) is 9.40. The van der Waals surface area contributed by atoms with E-state index in [0.29, 0.717) is 0 Å². The molecular formula is C14H10F2MnO4. The number of hydrogen-bond acceptors (Lipinski definition) is 2. The quantitative estimate of drug-likeness (QED) is 0.828. The monoisotopic (exact) mass is 335 g/mol. The SMILES string of the molecule is O=C(O)c1ccc(F)cc1.O=C(O)c1ccc(F)cc1.[Mn]. The van der Waals surface area contributed by atoms with Gasteiger partial charge in [0, 0.05) is 17.1 Å². The minimum Gasteiger partial charge on any atom is -0.478 e. The number of halogens is 2. The summed E-state index contributed by atoms with van der Waals surface area (Å²) in [5.41, 5.74) is 0.197. The molecule has 0 aliphatic rings. The Hall–Kier alpha value is -2.24. The van der Waals surface area contributed by atoms with E-state index in [1.54, 1.807) is 0 Å². The number of rotatable bonds is 2. The molecule has 2 rings (SSSR count). The van der Waals surface area contributed by atoms with Crippen LogP contribution in [0.1, 0.15) is 20.7 Å². The molecule has 0 bridgehead atoms. The second-order valence-corrected chi connectivity index (χ2v) is 3.62. The number of hydrogen-bond donors (Lipinski definition) is 2. The van der Waals surface area contributed by atoms with E-state index in [9.17, 15) is 18.4 Å². The molecule has 0 fully saturated rings. The summed E-state index contributed by atoms with van der Waals surface area (Å²) in [4.78, 5) is 20.4. The molecule has 1 radical (unpaired) electrons. The van der Waals surface area contributed by atoms with Crippen LogP contribution >= 0.6 is 0 Å². The van der Waals surface area contributed by atoms with Gasteiger partial charge in [-0.05, 0) is 48.5 Å². The van der Waals surface area contributed by atoms with Gasteiger partial charge < -0.3 is 10.2 Å². The summed E-state index contributed by atoms with van der Waals surface area (Å²) in [6.07, 6.45) is 0. The van der Waals surface area contributed by atoms with Crippen LogP contribution in [0.15, 0.2) is 48.5 Å². The van der Waals surface area contributed by atoms with E-state index in [4.69, 9.17) is 10.2 Å². The number of aromatic carboxylic acids is 2. The molecule has 0 aliphatic heterocycles. The molecule has 2 N–H and O–H groups in total. The second-order valence-electron chi connectivity index (χ2n) is 3.62. The summed E-state index contributed by atoms with van der Waals surface area (Å²) in [6, 6.07) is 9.34. The number of benzene rings is 2. The predicted molar refractivity (Wildman–Crippen MR) is 66.7 cm³/mol. The number of carbonyl (C=O) groups is 2. The molecule has 0 saturated carbocycles. The molecule has 2 aromatic rings. The van der Waals surface area contributed by atoms with Crippen molar-refractivity contribution in [2.45, 2.75) is 0 Å². The summed E-state index contributed by atoms with van der Waals surface area (Å²) in [5.74, 6) is -2.94. The van der Waals surface area contributed by atoms with Crippen LogP contribution in [-0.4, -0.2) is 22.2 Å². The molecule has 0 heterocycles. The van der Waals surface area contributed by atoms with E-state index in [1.165, 1.54) is 24.3 Å². The van der Waals surface area contributed by atoms with Crippen LogP contribution in [0, 0.1) is 11.6 Å². The molecule has 7 heteroatoms. The van der Waals surface area contributed by atoms with Crippen molar-refractivity contribution in [3.05, 3.63) is 71.3 Å². The first-order valence-corrected chi connectivity index (χ1v) is 5.38. The maximum atomic E-state index is 12.2. The average molecular weight is 335 g/mol. The summed E-state index contributed by atoms with van der Waals surface area (Å²) in [5, 5.41) is 16.7. The zero-order valence-corrected chi connectivity index (χ0v) is 11.6. The van der Waals surface area contributed by atoms with E-state index >= 15 is 0 Å². The number of carboxylic acids is 2. The van der Waals surface area contributed by atoms with Gasteiger partial charge in [-0.15, -0.1) is 0 Å². The normalized spacial score (nSPS) is 8.86. The fourth-order valence-electron chi connectivity index (χ4n) is 1.18. The molecule has 21 heavy (non-hydrogen) atoms. The third-order valence-corrected chi connectivity index (χ3v) is 2.18. The Balaban J connectivity index is 0.000000364. The van der Waals surface area contributed by atoms with E-state index < -0.39 is 23.6 Å². The zero-order chi connectivity index (χ0) is 15.1. The van der Waals surface area contributed by atoms with Gasteiger partial charge in [-0.2, -0.15) is 0 Å². The molecule has 0 atom stereocenters. The molecule has 4 nitrogen and oxygen atoms in total. The Bertz CT molecular complexity index is 542. The van der Waals surface area contributed by atoms with Gasteiger partial charge in [-0.3, -0.25) is 0 Å². The van der Waals surface area contributed by atoms with Gasteiger partial charge in [0.2, 0.25) is 0 Å². The largest absolute Gasteiger partial charge is 0.478 e. The number of carboxylic acid groups (broad SMARTS) is 2. The van der Waals surface area contributed by atoms with Crippen LogP contribution in [-0.2, 0) is 17.1 Å². The molecule has 0 spiro atoms. The van der Waals surface area contributed by atoms with Crippen LogP contribution in [0.5, 0.6) is 0 Å². The third-order valence-electron chi connectivity index (χ3n) is 2.18. The van der Waals surface area contributed by atoms with Crippen molar-refractivity contribution < 1.29 is 45.7 Å². The third kappa shape index (κ3) is 6.65. The van der Waals surface area contributed by atoms with Crippen molar-refractivity contribution in [1.82, 2.24) is 0 Å². The van der Waals surface area contributed by atoms with Gasteiger partial charge in [-0.1, -0.05) is 0 Å². The van der Waals surface area contributed by atoms with Gasteiger partial charge in [0.05, 0.1) is 11.1 Å². The molecule has 0 saturated heterocycles. The average Bonchev–Trinajstić information content (AvgIpc) is 2.40. The van der Waals surface area contributed by atoms with E-state index in [-0.39, 0.29) is 28.2 Å². The van der Waals surface area contributed by atoms with Gasteiger partial charge in [0.15, 0.2) is 0 Å². The Labute approximate surface area is 129 Å². The van der Waals surface area contributed by atoms with Crippen molar-refractivity contribution in [2.75, 3.05) is 0 Å². The molecule has 0 amide bonds. The van der Waals surface area contributed by atoms with Gasteiger partial charge in [0.1, 0.15) is 11.6 Å². The summed E-state index contributed by atoms with van der Waals surface area (Å²) in [6.45, 7) is 0. The van der Waals surface area contributed by atoms with Gasteiger partial charge >= 0.3 is 11.9 Å². The first-order valence-electron chi connectivity index (χ1n) is 5.38.